The van der Waals surface area contributed by atoms with E-state index in [-0.39, 0.29) is 6.61 Å². The quantitative estimate of drug-likeness (QED) is 0.928. The summed E-state index contributed by atoms with van der Waals surface area (Å²) < 4.78 is 1.64. The molecule has 2 aromatic heterocycles. The molecule has 0 atom stereocenters. The van der Waals surface area contributed by atoms with Gasteiger partial charge in [-0.3, -0.25) is 0 Å². The first-order valence-corrected chi connectivity index (χ1v) is 6.23. The molecule has 5 heteroatoms. The van der Waals surface area contributed by atoms with Crippen molar-refractivity contribution in [3.05, 3.63) is 40.3 Å². The second kappa shape index (κ2) is 5.08. The first-order valence-electron chi connectivity index (χ1n) is 5.85. The number of aromatic nitrogens is 3. The van der Waals surface area contributed by atoms with Crippen LogP contribution in [-0.4, -0.2) is 19.9 Å². The van der Waals surface area contributed by atoms with Gasteiger partial charge in [0, 0.05) is 5.69 Å². The first kappa shape index (κ1) is 13.1. The van der Waals surface area contributed by atoms with E-state index in [2.05, 4.69) is 23.9 Å². The predicted molar refractivity (Wildman–Crippen MR) is 71.1 cm³/mol. The second-order valence-corrected chi connectivity index (χ2v) is 4.99. The van der Waals surface area contributed by atoms with Crippen molar-refractivity contribution in [2.24, 2.45) is 0 Å². The SMILES string of the molecule is Cc1nn(-c2cc(CO)cc(C(C)C)n2)cc1Cl. The molecule has 0 aromatic carbocycles. The zero-order valence-corrected chi connectivity index (χ0v) is 11.4. The summed E-state index contributed by atoms with van der Waals surface area (Å²) in [7, 11) is 0. The number of hydrogen-bond donors (Lipinski definition) is 1. The molecule has 0 spiro atoms. The van der Waals surface area contributed by atoms with E-state index in [9.17, 15) is 5.11 Å². The van der Waals surface area contributed by atoms with E-state index in [0.717, 1.165) is 17.0 Å². The van der Waals surface area contributed by atoms with E-state index >= 15 is 0 Å². The molecule has 0 fully saturated rings. The Bertz CT molecular complexity index is 544. The van der Waals surface area contributed by atoms with Crippen molar-refractivity contribution in [3.8, 4) is 5.82 Å². The van der Waals surface area contributed by atoms with E-state index in [1.54, 1.807) is 10.9 Å². The molecule has 0 aliphatic carbocycles. The zero-order valence-electron chi connectivity index (χ0n) is 10.7. The normalized spacial score (nSPS) is 11.2. The second-order valence-electron chi connectivity index (χ2n) is 4.58. The lowest BCUT2D eigenvalue weighted by Gasteiger charge is -2.09. The van der Waals surface area contributed by atoms with Gasteiger partial charge in [-0.25, -0.2) is 9.67 Å². The Morgan fingerprint density at radius 2 is 2.11 bits per heavy atom. The highest BCUT2D eigenvalue weighted by molar-refractivity contribution is 6.31. The van der Waals surface area contributed by atoms with Crippen molar-refractivity contribution in [3.63, 3.8) is 0 Å². The van der Waals surface area contributed by atoms with Crippen molar-refractivity contribution in [2.75, 3.05) is 0 Å². The average Bonchev–Trinajstić information content (AvgIpc) is 2.69. The Morgan fingerprint density at radius 1 is 1.39 bits per heavy atom. The van der Waals surface area contributed by atoms with Gasteiger partial charge in [0.1, 0.15) is 0 Å². The van der Waals surface area contributed by atoms with E-state index in [1.807, 2.05) is 19.1 Å². The summed E-state index contributed by atoms with van der Waals surface area (Å²) in [5, 5.41) is 14.2. The Labute approximate surface area is 111 Å². The number of rotatable bonds is 3. The van der Waals surface area contributed by atoms with Gasteiger partial charge < -0.3 is 5.11 Å². The minimum absolute atomic E-state index is 0.0107. The fraction of sp³-hybridized carbons (Fsp3) is 0.385. The molecule has 96 valence electrons. The summed E-state index contributed by atoms with van der Waals surface area (Å²) in [5.74, 6) is 0.975. The summed E-state index contributed by atoms with van der Waals surface area (Å²) in [6.45, 7) is 5.96. The maximum atomic E-state index is 9.29. The third kappa shape index (κ3) is 2.54. The van der Waals surface area contributed by atoms with Crippen LogP contribution in [0, 0.1) is 6.92 Å². The Balaban J connectivity index is 2.52. The van der Waals surface area contributed by atoms with Gasteiger partial charge in [0.15, 0.2) is 5.82 Å². The highest BCUT2D eigenvalue weighted by atomic mass is 35.5. The van der Waals surface area contributed by atoms with Crippen LogP contribution in [0.5, 0.6) is 0 Å². The van der Waals surface area contributed by atoms with Crippen LogP contribution in [0.25, 0.3) is 5.82 Å². The van der Waals surface area contributed by atoms with E-state index in [4.69, 9.17) is 11.6 Å². The third-order valence-electron chi connectivity index (χ3n) is 2.74. The van der Waals surface area contributed by atoms with Crippen molar-refractivity contribution in [1.82, 2.24) is 14.8 Å². The van der Waals surface area contributed by atoms with Crippen LogP contribution in [0.2, 0.25) is 5.02 Å². The van der Waals surface area contributed by atoms with Gasteiger partial charge in [0.05, 0.1) is 23.5 Å². The molecule has 0 unspecified atom stereocenters. The molecule has 0 aliphatic rings. The van der Waals surface area contributed by atoms with Crippen LogP contribution in [0.1, 0.15) is 36.7 Å². The van der Waals surface area contributed by atoms with E-state index in [0.29, 0.717) is 16.8 Å². The van der Waals surface area contributed by atoms with Crippen molar-refractivity contribution in [2.45, 2.75) is 33.3 Å². The summed E-state index contributed by atoms with van der Waals surface area (Å²) in [6, 6.07) is 3.72. The smallest absolute Gasteiger partial charge is 0.154 e. The lowest BCUT2D eigenvalue weighted by molar-refractivity contribution is 0.281. The summed E-state index contributed by atoms with van der Waals surface area (Å²) >= 11 is 5.99. The molecule has 2 aromatic rings. The number of halogens is 1. The predicted octanol–water partition coefficient (Wildman–Crippen LogP) is 2.84. The maximum absolute atomic E-state index is 9.29. The molecule has 4 nitrogen and oxygen atoms in total. The fourth-order valence-corrected chi connectivity index (χ4v) is 1.79. The Kier molecular flexibility index (Phi) is 3.68. The third-order valence-corrected chi connectivity index (χ3v) is 3.11. The number of nitrogens with zero attached hydrogens (tertiary/aromatic N) is 3. The van der Waals surface area contributed by atoms with Gasteiger partial charge in [0.2, 0.25) is 0 Å². The largest absolute Gasteiger partial charge is 0.392 e. The number of aryl methyl sites for hydroxylation is 1. The zero-order chi connectivity index (χ0) is 13.3. The number of aliphatic hydroxyl groups excluding tert-OH is 1. The van der Waals surface area contributed by atoms with Gasteiger partial charge in [-0.15, -0.1) is 0 Å². The number of pyridine rings is 1. The first-order chi connectivity index (χ1) is 8.51. The molecule has 1 N–H and O–H groups in total. The van der Waals surface area contributed by atoms with Gasteiger partial charge in [-0.05, 0) is 30.5 Å². The Morgan fingerprint density at radius 3 is 2.61 bits per heavy atom. The lowest BCUT2D eigenvalue weighted by atomic mass is 10.1. The molecule has 0 amide bonds. The molecule has 18 heavy (non-hydrogen) atoms. The lowest BCUT2D eigenvalue weighted by Crippen LogP contribution is -2.04. The molecule has 0 saturated carbocycles. The molecule has 0 bridgehead atoms. The average molecular weight is 266 g/mol. The van der Waals surface area contributed by atoms with Crippen molar-refractivity contribution < 1.29 is 5.11 Å². The molecule has 0 radical (unpaired) electrons. The van der Waals surface area contributed by atoms with Crippen LogP contribution in [0.3, 0.4) is 0 Å². The van der Waals surface area contributed by atoms with Crippen LogP contribution < -0.4 is 0 Å². The van der Waals surface area contributed by atoms with Crippen LogP contribution in [0.4, 0.5) is 0 Å². The summed E-state index contributed by atoms with van der Waals surface area (Å²) in [4.78, 5) is 4.54. The maximum Gasteiger partial charge on any atom is 0.154 e. The van der Waals surface area contributed by atoms with Gasteiger partial charge in [0.25, 0.3) is 0 Å². The minimum atomic E-state index is -0.0107. The van der Waals surface area contributed by atoms with Crippen LogP contribution in [0.15, 0.2) is 18.3 Å². The van der Waals surface area contributed by atoms with Gasteiger partial charge in [-0.1, -0.05) is 25.4 Å². The fourth-order valence-electron chi connectivity index (χ4n) is 1.66. The summed E-state index contributed by atoms with van der Waals surface area (Å²) in [6.07, 6.45) is 1.73. The van der Waals surface area contributed by atoms with Gasteiger partial charge >= 0.3 is 0 Å². The number of aliphatic hydroxyl groups is 1. The molecule has 2 heterocycles. The topological polar surface area (TPSA) is 50.9 Å². The molecular formula is C13H16ClN3O. The Hall–Kier alpha value is -1.39. The van der Waals surface area contributed by atoms with Crippen molar-refractivity contribution >= 4 is 11.6 Å². The van der Waals surface area contributed by atoms with E-state index in [1.165, 1.54) is 0 Å². The molecule has 0 saturated heterocycles. The monoisotopic (exact) mass is 265 g/mol. The number of hydrogen-bond acceptors (Lipinski definition) is 3. The van der Waals surface area contributed by atoms with Gasteiger partial charge in [-0.2, -0.15) is 5.10 Å². The van der Waals surface area contributed by atoms with E-state index < -0.39 is 0 Å². The van der Waals surface area contributed by atoms with Crippen molar-refractivity contribution in [1.29, 1.82) is 0 Å². The highest BCUT2D eigenvalue weighted by Gasteiger charge is 2.10. The highest BCUT2D eigenvalue weighted by Crippen LogP contribution is 2.19. The molecule has 0 aliphatic heterocycles. The molecular weight excluding hydrogens is 250 g/mol. The molecule has 2 rings (SSSR count). The standard InChI is InChI=1S/C13H16ClN3O/c1-8(2)12-4-10(7-18)5-13(15-12)17-6-11(14)9(3)16-17/h4-6,8,18H,7H2,1-3H3. The summed E-state index contributed by atoms with van der Waals surface area (Å²) in [5.41, 5.74) is 2.52. The van der Waals surface area contributed by atoms with Crippen LogP contribution >= 0.6 is 11.6 Å². The minimum Gasteiger partial charge on any atom is -0.392 e. The van der Waals surface area contributed by atoms with Crippen LogP contribution in [-0.2, 0) is 6.61 Å².